The van der Waals surface area contributed by atoms with Crippen molar-refractivity contribution in [3.8, 4) is 11.3 Å². The Morgan fingerprint density at radius 3 is 3.05 bits per heavy atom. The van der Waals surface area contributed by atoms with E-state index in [-0.39, 0.29) is 11.8 Å². The number of hydrazine groups is 1. The average molecular weight is 284 g/mol. The van der Waals surface area contributed by atoms with Gasteiger partial charge in [-0.1, -0.05) is 0 Å². The molecule has 21 heavy (non-hydrogen) atoms. The third-order valence-corrected chi connectivity index (χ3v) is 4.39. The second-order valence-corrected chi connectivity index (χ2v) is 5.58. The van der Waals surface area contributed by atoms with Gasteiger partial charge in [0.15, 0.2) is 5.76 Å². The molecular formula is C15H16N4O2. The lowest BCUT2D eigenvalue weighted by Gasteiger charge is -2.30. The van der Waals surface area contributed by atoms with Gasteiger partial charge in [0, 0.05) is 43.5 Å². The molecule has 108 valence electrons. The third-order valence-electron chi connectivity index (χ3n) is 4.39. The maximum atomic E-state index is 11.1. The Morgan fingerprint density at radius 1 is 1.38 bits per heavy atom. The van der Waals surface area contributed by atoms with Crippen molar-refractivity contribution in [1.29, 1.82) is 0 Å². The summed E-state index contributed by atoms with van der Waals surface area (Å²) in [6.45, 7) is 2.95. The van der Waals surface area contributed by atoms with Gasteiger partial charge in [0.05, 0.1) is 5.69 Å². The third kappa shape index (κ3) is 2.16. The molecule has 3 unspecified atom stereocenters. The van der Waals surface area contributed by atoms with Crippen LogP contribution >= 0.6 is 0 Å². The minimum Gasteiger partial charge on any atom is -0.434 e. The molecule has 2 aliphatic heterocycles. The molecular weight excluding hydrogens is 268 g/mol. The fourth-order valence-electron chi connectivity index (χ4n) is 3.33. The number of nitrogens with zero attached hydrogens (tertiary/aromatic N) is 3. The number of pyridine rings is 1. The lowest BCUT2D eigenvalue weighted by atomic mass is 9.86. The summed E-state index contributed by atoms with van der Waals surface area (Å²) in [4.78, 5) is 19.5. The largest absolute Gasteiger partial charge is 0.434 e. The van der Waals surface area contributed by atoms with E-state index in [2.05, 4.69) is 20.4 Å². The number of fused-ring (bicyclic) bond motifs is 2. The SMILES string of the molecule is O=Cc1nc(C2CNN3CCC2C3)c(-c2ccncc2)o1. The minimum atomic E-state index is 0.150. The number of aromatic nitrogens is 2. The van der Waals surface area contributed by atoms with E-state index in [0.29, 0.717) is 18.0 Å². The van der Waals surface area contributed by atoms with Crippen LogP contribution in [-0.2, 0) is 0 Å². The molecule has 0 amide bonds. The van der Waals surface area contributed by atoms with Crippen molar-refractivity contribution in [3.63, 3.8) is 0 Å². The zero-order valence-electron chi connectivity index (χ0n) is 11.5. The van der Waals surface area contributed by atoms with Gasteiger partial charge >= 0.3 is 0 Å². The van der Waals surface area contributed by atoms with Crippen molar-refractivity contribution in [2.45, 2.75) is 12.3 Å². The molecule has 2 fully saturated rings. The van der Waals surface area contributed by atoms with Crippen LogP contribution in [0.25, 0.3) is 11.3 Å². The molecule has 0 aliphatic carbocycles. The summed E-state index contributed by atoms with van der Waals surface area (Å²) in [5.74, 6) is 1.70. The predicted molar refractivity (Wildman–Crippen MR) is 75.5 cm³/mol. The van der Waals surface area contributed by atoms with E-state index in [1.807, 2.05) is 12.1 Å². The number of oxazole rings is 1. The van der Waals surface area contributed by atoms with Crippen molar-refractivity contribution in [2.75, 3.05) is 19.6 Å². The topological polar surface area (TPSA) is 71.3 Å². The van der Waals surface area contributed by atoms with Gasteiger partial charge in [-0.2, -0.15) is 0 Å². The predicted octanol–water partition coefficient (Wildman–Crippen LogP) is 1.47. The fourth-order valence-corrected chi connectivity index (χ4v) is 3.33. The molecule has 4 heterocycles. The minimum absolute atomic E-state index is 0.150. The second kappa shape index (κ2) is 5.05. The Balaban J connectivity index is 1.77. The van der Waals surface area contributed by atoms with E-state index in [1.165, 1.54) is 0 Å². The highest BCUT2D eigenvalue weighted by molar-refractivity contribution is 5.71. The lowest BCUT2D eigenvalue weighted by Crippen LogP contribution is -2.44. The Hall–Kier alpha value is -2.05. The van der Waals surface area contributed by atoms with Crippen molar-refractivity contribution >= 4 is 6.29 Å². The van der Waals surface area contributed by atoms with Crippen molar-refractivity contribution in [2.24, 2.45) is 5.92 Å². The molecule has 3 atom stereocenters. The summed E-state index contributed by atoms with van der Waals surface area (Å²) in [6.07, 6.45) is 5.26. The highest BCUT2D eigenvalue weighted by Crippen LogP contribution is 2.38. The fraction of sp³-hybridized carbons (Fsp3) is 0.400. The van der Waals surface area contributed by atoms with Crippen LogP contribution in [0, 0.1) is 5.92 Å². The van der Waals surface area contributed by atoms with Crippen molar-refractivity contribution in [1.82, 2.24) is 20.4 Å². The quantitative estimate of drug-likeness (QED) is 0.861. The number of carbonyl (C=O) groups excluding carboxylic acids is 1. The van der Waals surface area contributed by atoms with Crippen LogP contribution in [0.1, 0.15) is 28.7 Å². The van der Waals surface area contributed by atoms with Gasteiger partial charge in [0.1, 0.15) is 0 Å². The normalized spacial score (nSPS) is 27.7. The number of carbonyl (C=O) groups is 1. The van der Waals surface area contributed by atoms with Crippen LogP contribution < -0.4 is 5.43 Å². The molecule has 2 aromatic rings. The molecule has 0 spiro atoms. The summed E-state index contributed by atoms with van der Waals surface area (Å²) in [5.41, 5.74) is 5.22. The molecule has 2 aromatic heterocycles. The maximum Gasteiger partial charge on any atom is 0.260 e. The first-order chi connectivity index (χ1) is 10.3. The van der Waals surface area contributed by atoms with Crippen molar-refractivity contribution in [3.05, 3.63) is 36.1 Å². The molecule has 6 heteroatoms. The smallest absolute Gasteiger partial charge is 0.260 e. The zero-order chi connectivity index (χ0) is 14.2. The van der Waals surface area contributed by atoms with Crippen LogP contribution in [0.5, 0.6) is 0 Å². The molecule has 4 rings (SSSR count). The van der Waals surface area contributed by atoms with E-state index < -0.39 is 0 Å². The molecule has 0 aromatic carbocycles. The number of aldehydes is 1. The molecule has 2 saturated heterocycles. The maximum absolute atomic E-state index is 11.1. The van der Waals surface area contributed by atoms with Gasteiger partial charge in [-0.15, -0.1) is 0 Å². The highest BCUT2D eigenvalue weighted by Gasteiger charge is 2.38. The summed E-state index contributed by atoms with van der Waals surface area (Å²) >= 11 is 0. The Bertz CT molecular complexity index is 655. The van der Waals surface area contributed by atoms with Gasteiger partial charge in [0.25, 0.3) is 5.89 Å². The first kappa shape index (κ1) is 12.7. The summed E-state index contributed by atoms with van der Waals surface area (Å²) < 4.78 is 5.66. The molecule has 0 saturated carbocycles. The second-order valence-electron chi connectivity index (χ2n) is 5.58. The van der Waals surface area contributed by atoms with Crippen LogP contribution in [0.15, 0.2) is 28.9 Å². The Morgan fingerprint density at radius 2 is 2.24 bits per heavy atom. The average Bonchev–Trinajstić information content (AvgIpc) is 3.13. The van der Waals surface area contributed by atoms with E-state index in [9.17, 15) is 4.79 Å². The van der Waals surface area contributed by atoms with Gasteiger partial charge in [0.2, 0.25) is 6.29 Å². The van der Waals surface area contributed by atoms with Gasteiger partial charge in [-0.3, -0.25) is 15.2 Å². The molecule has 1 N–H and O–H groups in total. The molecule has 0 radical (unpaired) electrons. The highest BCUT2D eigenvalue weighted by atomic mass is 16.4. The van der Waals surface area contributed by atoms with E-state index in [1.54, 1.807) is 12.4 Å². The first-order valence-corrected chi connectivity index (χ1v) is 7.20. The monoisotopic (exact) mass is 284 g/mol. The number of nitrogens with one attached hydrogen (secondary N) is 1. The van der Waals surface area contributed by atoms with Crippen LogP contribution in [-0.4, -0.2) is 40.9 Å². The van der Waals surface area contributed by atoms with Gasteiger partial charge < -0.3 is 4.42 Å². The lowest BCUT2D eigenvalue weighted by molar-refractivity contribution is 0.109. The summed E-state index contributed by atoms with van der Waals surface area (Å²) in [5, 5.41) is 2.26. The Kier molecular flexibility index (Phi) is 3.05. The number of rotatable bonds is 3. The van der Waals surface area contributed by atoms with E-state index in [0.717, 1.165) is 37.3 Å². The van der Waals surface area contributed by atoms with Crippen LogP contribution in [0.2, 0.25) is 0 Å². The number of hydrogen-bond donors (Lipinski definition) is 1. The van der Waals surface area contributed by atoms with Gasteiger partial charge in [-0.05, 0) is 24.5 Å². The first-order valence-electron chi connectivity index (χ1n) is 7.20. The summed E-state index contributed by atoms with van der Waals surface area (Å²) in [6, 6.07) is 3.77. The Labute approximate surface area is 122 Å². The van der Waals surface area contributed by atoms with E-state index >= 15 is 0 Å². The molecule has 2 aliphatic rings. The standard InChI is InChI=1S/C15H16N4O2/c20-9-13-18-14(12-7-17-19-6-3-11(12)8-19)15(21-13)10-1-4-16-5-2-10/h1-2,4-5,9,11-12,17H,3,6-8H2. The van der Waals surface area contributed by atoms with Crippen LogP contribution in [0.3, 0.4) is 0 Å². The number of hydrogen-bond acceptors (Lipinski definition) is 6. The summed E-state index contributed by atoms with van der Waals surface area (Å²) in [7, 11) is 0. The molecule has 6 nitrogen and oxygen atoms in total. The van der Waals surface area contributed by atoms with Crippen LogP contribution in [0.4, 0.5) is 0 Å². The molecule has 2 bridgehead atoms. The van der Waals surface area contributed by atoms with Gasteiger partial charge in [-0.25, -0.2) is 9.99 Å². The zero-order valence-corrected chi connectivity index (χ0v) is 11.5. The van der Waals surface area contributed by atoms with Crippen molar-refractivity contribution < 1.29 is 9.21 Å². The van der Waals surface area contributed by atoms with E-state index in [4.69, 9.17) is 4.42 Å².